The summed E-state index contributed by atoms with van der Waals surface area (Å²) >= 11 is 0. The number of carboxylic acid groups (broad SMARTS) is 1. The second-order valence-corrected chi connectivity index (χ2v) is 5.56. The summed E-state index contributed by atoms with van der Waals surface area (Å²) in [5.41, 5.74) is 1.01. The van der Waals surface area contributed by atoms with Crippen LogP contribution in [0.3, 0.4) is 0 Å². The van der Waals surface area contributed by atoms with Gasteiger partial charge in [0.2, 0.25) is 5.91 Å². The highest BCUT2D eigenvalue weighted by atomic mass is 16.5. The lowest BCUT2D eigenvalue weighted by molar-refractivity contribution is -0.143. The monoisotopic (exact) mass is 306 g/mol. The zero-order valence-corrected chi connectivity index (χ0v) is 13.0. The van der Waals surface area contributed by atoms with Crippen molar-refractivity contribution in [1.29, 1.82) is 0 Å². The maximum absolute atomic E-state index is 12.3. The Bertz CT molecular complexity index is 529. The van der Waals surface area contributed by atoms with Crippen molar-refractivity contribution in [1.82, 2.24) is 9.80 Å². The highest BCUT2D eigenvalue weighted by Crippen LogP contribution is 2.18. The molecule has 1 aromatic rings. The molecule has 1 N–H and O–H groups in total. The molecule has 22 heavy (non-hydrogen) atoms. The molecule has 0 aromatic heterocycles. The van der Waals surface area contributed by atoms with Crippen molar-refractivity contribution in [3.63, 3.8) is 0 Å². The average molecular weight is 306 g/mol. The standard InChI is InChI=1S/C16H22N2O4/c1-17(10-12-5-7-13(22-2)8-6-12)15(19)11-18-9-3-4-14(18)16(20)21/h5-8,14H,3-4,9-11H2,1-2H3,(H,20,21)/t14-/m0/s1. The Morgan fingerprint density at radius 3 is 2.64 bits per heavy atom. The number of carboxylic acids is 1. The number of nitrogens with zero attached hydrogens (tertiary/aromatic N) is 2. The first kappa shape index (κ1) is 16.3. The van der Waals surface area contributed by atoms with E-state index in [-0.39, 0.29) is 12.5 Å². The third kappa shape index (κ3) is 3.98. The molecule has 1 atom stereocenters. The van der Waals surface area contributed by atoms with Crippen LogP contribution in [0.2, 0.25) is 0 Å². The molecule has 0 aliphatic carbocycles. The zero-order valence-electron chi connectivity index (χ0n) is 13.0. The molecule has 1 aromatic carbocycles. The van der Waals surface area contributed by atoms with Gasteiger partial charge in [0.25, 0.3) is 0 Å². The van der Waals surface area contributed by atoms with E-state index in [1.807, 2.05) is 24.3 Å². The predicted molar refractivity (Wildman–Crippen MR) is 81.7 cm³/mol. The Labute approximate surface area is 130 Å². The van der Waals surface area contributed by atoms with Gasteiger partial charge in [0, 0.05) is 13.6 Å². The van der Waals surface area contributed by atoms with Gasteiger partial charge >= 0.3 is 5.97 Å². The van der Waals surface area contributed by atoms with Gasteiger partial charge in [-0.15, -0.1) is 0 Å². The Morgan fingerprint density at radius 2 is 2.05 bits per heavy atom. The molecule has 1 saturated heterocycles. The summed E-state index contributed by atoms with van der Waals surface area (Å²) in [5, 5.41) is 9.14. The number of hydrogen-bond donors (Lipinski definition) is 1. The molecule has 6 heteroatoms. The number of likely N-dealkylation sites (tertiary alicyclic amines) is 1. The summed E-state index contributed by atoms with van der Waals surface area (Å²) < 4.78 is 5.10. The summed E-state index contributed by atoms with van der Waals surface area (Å²) in [6.07, 6.45) is 1.44. The second-order valence-electron chi connectivity index (χ2n) is 5.56. The van der Waals surface area contributed by atoms with E-state index >= 15 is 0 Å². The second kappa shape index (κ2) is 7.26. The minimum atomic E-state index is -0.844. The number of benzene rings is 1. The quantitative estimate of drug-likeness (QED) is 0.855. The third-order valence-electron chi connectivity index (χ3n) is 3.99. The molecule has 1 aliphatic heterocycles. The fraction of sp³-hybridized carbons (Fsp3) is 0.500. The Kier molecular flexibility index (Phi) is 5.38. The number of aliphatic carboxylic acids is 1. The molecule has 2 rings (SSSR count). The van der Waals surface area contributed by atoms with E-state index in [9.17, 15) is 9.59 Å². The summed E-state index contributed by atoms with van der Waals surface area (Å²) in [5.74, 6) is -0.133. The van der Waals surface area contributed by atoms with Crippen LogP contribution in [0.5, 0.6) is 5.75 Å². The topological polar surface area (TPSA) is 70.1 Å². The van der Waals surface area contributed by atoms with E-state index in [2.05, 4.69) is 0 Å². The highest BCUT2D eigenvalue weighted by molar-refractivity contribution is 5.80. The van der Waals surface area contributed by atoms with Gasteiger partial charge in [0.1, 0.15) is 11.8 Å². The maximum atomic E-state index is 12.3. The lowest BCUT2D eigenvalue weighted by Gasteiger charge is -2.24. The Hall–Kier alpha value is -2.08. The molecular formula is C16H22N2O4. The van der Waals surface area contributed by atoms with Gasteiger partial charge in [0.15, 0.2) is 0 Å². The summed E-state index contributed by atoms with van der Waals surface area (Å²) in [6.45, 7) is 1.32. The van der Waals surface area contributed by atoms with E-state index < -0.39 is 12.0 Å². The van der Waals surface area contributed by atoms with Crippen molar-refractivity contribution >= 4 is 11.9 Å². The molecule has 120 valence electrons. The minimum Gasteiger partial charge on any atom is -0.497 e. The van der Waals surface area contributed by atoms with Crippen LogP contribution in [0.1, 0.15) is 18.4 Å². The Balaban J connectivity index is 1.90. The normalized spacial score (nSPS) is 18.2. The number of amides is 1. The van der Waals surface area contributed by atoms with Gasteiger partial charge in [-0.3, -0.25) is 14.5 Å². The number of carbonyl (C=O) groups excluding carboxylic acids is 1. The largest absolute Gasteiger partial charge is 0.497 e. The summed E-state index contributed by atoms with van der Waals surface area (Å²) in [7, 11) is 3.35. The number of hydrogen-bond acceptors (Lipinski definition) is 4. The fourth-order valence-corrected chi connectivity index (χ4v) is 2.68. The van der Waals surface area contributed by atoms with Crippen molar-refractivity contribution < 1.29 is 19.4 Å². The first-order valence-electron chi connectivity index (χ1n) is 7.35. The molecule has 0 bridgehead atoms. The minimum absolute atomic E-state index is 0.0658. The van der Waals surface area contributed by atoms with Crippen LogP contribution < -0.4 is 4.74 Å². The zero-order chi connectivity index (χ0) is 16.1. The molecule has 0 radical (unpaired) electrons. The molecule has 1 amide bonds. The Morgan fingerprint density at radius 1 is 1.36 bits per heavy atom. The molecule has 1 heterocycles. The van der Waals surface area contributed by atoms with Gasteiger partial charge in [-0.05, 0) is 37.1 Å². The average Bonchev–Trinajstić information content (AvgIpc) is 2.96. The number of methoxy groups -OCH3 is 1. The van der Waals surface area contributed by atoms with E-state index in [0.717, 1.165) is 17.7 Å². The van der Waals surface area contributed by atoms with Crippen molar-refractivity contribution in [3.05, 3.63) is 29.8 Å². The van der Waals surface area contributed by atoms with E-state index in [1.54, 1.807) is 24.0 Å². The smallest absolute Gasteiger partial charge is 0.320 e. The van der Waals surface area contributed by atoms with Crippen LogP contribution in [0, 0.1) is 0 Å². The summed E-state index contributed by atoms with van der Waals surface area (Å²) in [4.78, 5) is 26.8. The lowest BCUT2D eigenvalue weighted by atomic mass is 10.2. The van der Waals surface area contributed by atoms with Crippen LogP contribution in [-0.2, 0) is 16.1 Å². The molecule has 0 saturated carbocycles. The molecular weight excluding hydrogens is 284 g/mol. The van der Waals surface area contributed by atoms with Gasteiger partial charge in [-0.2, -0.15) is 0 Å². The fourth-order valence-electron chi connectivity index (χ4n) is 2.68. The van der Waals surface area contributed by atoms with Crippen molar-refractivity contribution in [2.75, 3.05) is 27.2 Å². The van der Waals surface area contributed by atoms with Crippen LogP contribution in [-0.4, -0.2) is 60.1 Å². The molecule has 1 aliphatic rings. The van der Waals surface area contributed by atoms with Crippen molar-refractivity contribution in [2.24, 2.45) is 0 Å². The lowest BCUT2D eigenvalue weighted by Crippen LogP contribution is -2.43. The predicted octanol–water partition coefficient (Wildman–Crippen LogP) is 1.20. The van der Waals surface area contributed by atoms with Gasteiger partial charge < -0.3 is 14.7 Å². The van der Waals surface area contributed by atoms with Crippen molar-refractivity contribution in [3.8, 4) is 5.75 Å². The van der Waals surface area contributed by atoms with Crippen LogP contribution >= 0.6 is 0 Å². The SMILES string of the molecule is COc1ccc(CN(C)C(=O)CN2CCC[C@H]2C(=O)O)cc1. The maximum Gasteiger partial charge on any atom is 0.320 e. The molecule has 1 fully saturated rings. The number of ether oxygens (including phenoxy) is 1. The molecule has 0 unspecified atom stereocenters. The first-order chi connectivity index (χ1) is 10.5. The number of rotatable bonds is 6. The highest BCUT2D eigenvalue weighted by Gasteiger charge is 2.32. The summed E-state index contributed by atoms with van der Waals surface area (Å²) in [6, 6.07) is 7.01. The third-order valence-corrected chi connectivity index (χ3v) is 3.99. The molecule has 6 nitrogen and oxygen atoms in total. The van der Waals surface area contributed by atoms with Gasteiger partial charge in [0.05, 0.1) is 13.7 Å². The van der Waals surface area contributed by atoms with Crippen LogP contribution in [0.4, 0.5) is 0 Å². The number of likely N-dealkylation sites (N-methyl/N-ethyl adjacent to an activating group) is 1. The van der Waals surface area contributed by atoms with Crippen molar-refractivity contribution in [2.45, 2.75) is 25.4 Å². The first-order valence-corrected chi connectivity index (χ1v) is 7.35. The van der Waals surface area contributed by atoms with Crippen LogP contribution in [0.25, 0.3) is 0 Å². The number of carbonyl (C=O) groups is 2. The van der Waals surface area contributed by atoms with Gasteiger partial charge in [-0.1, -0.05) is 12.1 Å². The van der Waals surface area contributed by atoms with E-state index in [4.69, 9.17) is 9.84 Å². The molecule has 0 spiro atoms. The van der Waals surface area contributed by atoms with Gasteiger partial charge in [-0.25, -0.2) is 0 Å². The van der Waals surface area contributed by atoms with Crippen LogP contribution in [0.15, 0.2) is 24.3 Å². The van der Waals surface area contributed by atoms with E-state index in [1.165, 1.54) is 0 Å². The van der Waals surface area contributed by atoms with E-state index in [0.29, 0.717) is 19.5 Å².